The second-order valence-electron chi connectivity index (χ2n) is 5.37. The number of rotatable bonds is 7. The lowest BCUT2D eigenvalue weighted by molar-refractivity contribution is -0.122. The van der Waals surface area contributed by atoms with Gasteiger partial charge in [-0.3, -0.25) is 4.79 Å². The van der Waals surface area contributed by atoms with Crippen molar-refractivity contribution in [1.82, 2.24) is 10.6 Å². The third-order valence-electron chi connectivity index (χ3n) is 3.38. The van der Waals surface area contributed by atoms with Gasteiger partial charge in [-0.1, -0.05) is 0 Å². The van der Waals surface area contributed by atoms with E-state index in [0.717, 1.165) is 12.8 Å². The molecular weight excluding hydrogens is 356 g/mol. The molecule has 0 aromatic heterocycles. The lowest BCUT2D eigenvalue weighted by Crippen LogP contribution is -2.44. The van der Waals surface area contributed by atoms with Crippen molar-refractivity contribution in [2.75, 3.05) is 39.2 Å². The summed E-state index contributed by atoms with van der Waals surface area (Å²) in [5.41, 5.74) is 0. The van der Waals surface area contributed by atoms with Crippen molar-refractivity contribution in [1.29, 1.82) is 0 Å². The lowest BCUT2D eigenvalue weighted by Gasteiger charge is -2.23. The van der Waals surface area contributed by atoms with Gasteiger partial charge in [-0.05, 0) is 24.3 Å². The molecule has 2 N–H and O–H groups in total. The normalized spacial score (nSPS) is 17.6. The number of carbonyl (C=O) groups is 1. The predicted octanol–water partition coefficient (Wildman–Crippen LogP) is 0.385. The Morgan fingerprint density at radius 3 is 2.67 bits per heavy atom. The Morgan fingerprint density at radius 1 is 1.38 bits per heavy atom. The van der Waals surface area contributed by atoms with Crippen LogP contribution in [0.4, 0.5) is 0 Å². The number of nitrogens with one attached hydrogen (secondary N) is 2. The number of hydrogen-bond acceptors (Lipinski definition) is 6. The maximum Gasteiger partial charge on any atom is 0.221 e. The van der Waals surface area contributed by atoms with Crippen LogP contribution in [0.15, 0.2) is 29.2 Å². The van der Waals surface area contributed by atoms with Crippen molar-refractivity contribution < 1.29 is 22.7 Å². The molecule has 1 aliphatic rings. The van der Waals surface area contributed by atoms with Gasteiger partial charge >= 0.3 is 0 Å². The molecule has 1 aliphatic heterocycles. The number of morpholine rings is 1. The van der Waals surface area contributed by atoms with Crippen LogP contribution in [0.25, 0.3) is 0 Å². The van der Waals surface area contributed by atoms with Crippen LogP contribution in [0, 0.1) is 0 Å². The van der Waals surface area contributed by atoms with Gasteiger partial charge < -0.3 is 20.1 Å². The maximum atomic E-state index is 11.7. The van der Waals surface area contributed by atoms with Crippen LogP contribution in [-0.2, 0) is 19.4 Å². The van der Waals surface area contributed by atoms with E-state index < -0.39 is 9.84 Å². The molecule has 7 nitrogen and oxygen atoms in total. The number of sulfone groups is 1. The fraction of sp³-hybridized carbons (Fsp3) is 0.533. The topological polar surface area (TPSA) is 93.7 Å². The van der Waals surface area contributed by atoms with Crippen LogP contribution in [-0.4, -0.2) is 59.5 Å². The Labute approximate surface area is 148 Å². The number of amides is 1. The minimum absolute atomic E-state index is 0. The quantitative estimate of drug-likeness (QED) is 0.666. The van der Waals surface area contributed by atoms with E-state index in [4.69, 9.17) is 9.47 Å². The third kappa shape index (κ3) is 7.04. The average molecular weight is 379 g/mol. The zero-order valence-electron chi connectivity index (χ0n) is 13.5. The summed E-state index contributed by atoms with van der Waals surface area (Å²) < 4.78 is 33.4. The number of halogens is 1. The summed E-state index contributed by atoms with van der Waals surface area (Å²) in [6.07, 6.45) is 1.54. The molecule has 136 valence electrons. The zero-order chi connectivity index (χ0) is 16.7. The van der Waals surface area contributed by atoms with Gasteiger partial charge in [0.2, 0.25) is 5.91 Å². The van der Waals surface area contributed by atoms with Gasteiger partial charge in [0.05, 0.1) is 24.7 Å². The number of carbonyl (C=O) groups excluding carboxylic acids is 1. The van der Waals surface area contributed by atoms with E-state index in [9.17, 15) is 13.2 Å². The van der Waals surface area contributed by atoms with Crippen LogP contribution in [0.1, 0.15) is 6.42 Å². The second-order valence-corrected chi connectivity index (χ2v) is 7.39. The first-order valence-electron chi connectivity index (χ1n) is 7.46. The Balaban J connectivity index is 0.00000288. The average Bonchev–Trinajstić information content (AvgIpc) is 2.52. The summed E-state index contributed by atoms with van der Waals surface area (Å²) in [5, 5.41) is 6.00. The van der Waals surface area contributed by atoms with Gasteiger partial charge in [0, 0.05) is 25.3 Å². The Hall–Kier alpha value is -1.35. The van der Waals surface area contributed by atoms with E-state index in [-0.39, 0.29) is 29.3 Å². The van der Waals surface area contributed by atoms with Gasteiger partial charge in [0.25, 0.3) is 0 Å². The van der Waals surface area contributed by atoms with Crippen LogP contribution >= 0.6 is 12.4 Å². The summed E-state index contributed by atoms with van der Waals surface area (Å²) in [6.45, 7) is 2.71. The van der Waals surface area contributed by atoms with E-state index >= 15 is 0 Å². The monoisotopic (exact) mass is 378 g/mol. The molecule has 1 fully saturated rings. The van der Waals surface area contributed by atoms with Crippen LogP contribution in [0.2, 0.25) is 0 Å². The van der Waals surface area contributed by atoms with E-state index in [0.29, 0.717) is 38.5 Å². The van der Waals surface area contributed by atoms with Crippen molar-refractivity contribution >= 4 is 28.2 Å². The molecule has 0 spiro atoms. The lowest BCUT2D eigenvalue weighted by atomic mass is 10.2. The minimum Gasteiger partial charge on any atom is -0.492 e. The van der Waals surface area contributed by atoms with Gasteiger partial charge in [0.1, 0.15) is 12.4 Å². The largest absolute Gasteiger partial charge is 0.492 e. The fourth-order valence-electron chi connectivity index (χ4n) is 2.19. The van der Waals surface area contributed by atoms with Crippen molar-refractivity contribution in [2.45, 2.75) is 17.4 Å². The van der Waals surface area contributed by atoms with Crippen LogP contribution < -0.4 is 15.4 Å². The third-order valence-corrected chi connectivity index (χ3v) is 4.50. The van der Waals surface area contributed by atoms with E-state index in [2.05, 4.69) is 10.6 Å². The molecule has 24 heavy (non-hydrogen) atoms. The second kappa shape index (κ2) is 9.83. The van der Waals surface area contributed by atoms with Crippen LogP contribution in [0.5, 0.6) is 5.75 Å². The standard InChI is InChI=1S/C15H22N2O5S.ClH/c1-23(19,20)14-4-2-13(3-5-14)22-9-7-17-15(18)10-12-11-21-8-6-16-12;/h2-5,12,16H,6-11H2,1H3,(H,17,18);1H. The first-order valence-corrected chi connectivity index (χ1v) is 9.35. The number of ether oxygens (including phenoxy) is 2. The summed E-state index contributed by atoms with van der Waals surface area (Å²) in [6, 6.07) is 6.26. The fourth-order valence-corrected chi connectivity index (χ4v) is 2.82. The van der Waals surface area contributed by atoms with Crippen molar-refractivity contribution in [3.63, 3.8) is 0 Å². The SMILES string of the molecule is CS(=O)(=O)c1ccc(OCCNC(=O)CC2COCCN2)cc1.Cl. The Bertz CT molecular complexity index is 615. The summed E-state index contributed by atoms with van der Waals surface area (Å²) in [4.78, 5) is 12.0. The summed E-state index contributed by atoms with van der Waals surface area (Å²) in [5.74, 6) is 0.512. The van der Waals surface area contributed by atoms with Gasteiger partial charge in [0.15, 0.2) is 9.84 Å². The minimum atomic E-state index is -3.20. The number of hydrogen-bond donors (Lipinski definition) is 2. The van der Waals surface area contributed by atoms with Crippen molar-refractivity contribution in [3.8, 4) is 5.75 Å². The van der Waals surface area contributed by atoms with E-state index in [1.54, 1.807) is 12.1 Å². The first kappa shape index (κ1) is 20.7. The summed E-state index contributed by atoms with van der Waals surface area (Å²) in [7, 11) is -3.20. The highest BCUT2D eigenvalue weighted by atomic mass is 35.5. The Morgan fingerprint density at radius 2 is 2.08 bits per heavy atom. The van der Waals surface area contributed by atoms with Crippen molar-refractivity contribution in [2.24, 2.45) is 0 Å². The van der Waals surface area contributed by atoms with Gasteiger partial charge in [-0.25, -0.2) is 8.42 Å². The van der Waals surface area contributed by atoms with Crippen LogP contribution in [0.3, 0.4) is 0 Å². The molecule has 0 radical (unpaired) electrons. The molecule has 1 saturated heterocycles. The van der Waals surface area contributed by atoms with E-state index in [1.165, 1.54) is 12.1 Å². The molecule has 1 unspecified atom stereocenters. The van der Waals surface area contributed by atoms with Crippen molar-refractivity contribution in [3.05, 3.63) is 24.3 Å². The molecule has 1 amide bonds. The molecule has 1 atom stereocenters. The highest BCUT2D eigenvalue weighted by molar-refractivity contribution is 7.90. The molecule has 2 rings (SSSR count). The molecular formula is C15H23ClN2O5S. The Kier molecular flexibility index (Phi) is 8.47. The van der Waals surface area contributed by atoms with Gasteiger partial charge in [-0.15, -0.1) is 12.4 Å². The molecule has 1 heterocycles. The number of benzene rings is 1. The highest BCUT2D eigenvalue weighted by Gasteiger charge is 2.16. The molecule has 0 saturated carbocycles. The highest BCUT2D eigenvalue weighted by Crippen LogP contribution is 2.15. The predicted molar refractivity (Wildman–Crippen MR) is 92.5 cm³/mol. The molecule has 1 aromatic rings. The molecule has 0 bridgehead atoms. The first-order chi connectivity index (χ1) is 10.9. The summed E-state index contributed by atoms with van der Waals surface area (Å²) >= 11 is 0. The van der Waals surface area contributed by atoms with E-state index in [1.807, 2.05) is 0 Å². The molecule has 9 heteroatoms. The van der Waals surface area contributed by atoms with Gasteiger partial charge in [-0.2, -0.15) is 0 Å². The zero-order valence-corrected chi connectivity index (χ0v) is 15.1. The maximum absolute atomic E-state index is 11.7. The smallest absolute Gasteiger partial charge is 0.221 e. The molecule has 0 aliphatic carbocycles. The molecule has 1 aromatic carbocycles.